The lowest BCUT2D eigenvalue weighted by Gasteiger charge is -2.20. The number of carbonyl (C=O) groups is 1. The number of fused-ring (bicyclic) bond motifs is 1. The third-order valence-corrected chi connectivity index (χ3v) is 4.18. The first-order chi connectivity index (χ1) is 10.1. The monoisotopic (exact) mass is 289 g/mol. The van der Waals surface area contributed by atoms with Gasteiger partial charge in [-0.3, -0.25) is 4.79 Å². The van der Waals surface area contributed by atoms with Crippen molar-refractivity contribution in [1.29, 1.82) is 0 Å². The number of anilines is 1. The summed E-state index contributed by atoms with van der Waals surface area (Å²) in [7, 11) is 2.14. The molecular weight excluding hydrogens is 262 g/mol. The van der Waals surface area contributed by atoms with E-state index in [4.69, 9.17) is 0 Å². The number of nitrogens with one attached hydrogen (secondary N) is 2. The Morgan fingerprint density at radius 1 is 1.38 bits per heavy atom. The second-order valence-electron chi connectivity index (χ2n) is 6.09. The van der Waals surface area contributed by atoms with Crippen LogP contribution in [0.25, 0.3) is 0 Å². The Balaban J connectivity index is 1.70. The van der Waals surface area contributed by atoms with E-state index < -0.39 is 0 Å². The Bertz CT molecular complexity index is 485. The molecular formula is C17H27N3O. The minimum atomic E-state index is 0.0434. The van der Waals surface area contributed by atoms with Crippen LogP contribution in [0.15, 0.2) is 18.2 Å². The summed E-state index contributed by atoms with van der Waals surface area (Å²) in [4.78, 5) is 14.4. The molecule has 0 aromatic heterocycles. The minimum Gasteiger partial charge on any atom is -0.384 e. The predicted molar refractivity (Wildman–Crippen MR) is 88.0 cm³/mol. The molecule has 1 amide bonds. The summed E-state index contributed by atoms with van der Waals surface area (Å²) in [6.45, 7) is 7.21. The highest BCUT2D eigenvalue weighted by Crippen LogP contribution is 2.22. The molecule has 1 heterocycles. The van der Waals surface area contributed by atoms with Crippen LogP contribution in [0.1, 0.15) is 42.6 Å². The first-order valence-corrected chi connectivity index (χ1v) is 7.93. The molecule has 2 N–H and O–H groups in total. The highest BCUT2D eigenvalue weighted by molar-refractivity contribution is 5.95. The van der Waals surface area contributed by atoms with Gasteiger partial charge in [0.15, 0.2) is 0 Å². The molecule has 0 spiro atoms. The zero-order valence-corrected chi connectivity index (χ0v) is 13.4. The van der Waals surface area contributed by atoms with Crippen molar-refractivity contribution in [1.82, 2.24) is 10.2 Å². The number of nitrogens with zero attached hydrogens (tertiary/aromatic N) is 1. The maximum Gasteiger partial charge on any atom is 0.251 e. The van der Waals surface area contributed by atoms with E-state index in [1.54, 1.807) is 0 Å². The van der Waals surface area contributed by atoms with Crippen molar-refractivity contribution in [2.24, 2.45) is 0 Å². The summed E-state index contributed by atoms with van der Waals surface area (Å²) in [6.07, 6.45) is 3.15. The normalized spacial score (nSPS) is 13.4. The van der Waals surface area contributed by atoms with E-state index in [1.165, 1.54) is 11.3 Å². The van der Waals surface area contributed by atoms with Crippen LogP contribution >= 0.6 is 0 Å². The van der Waals surface area contributed by atoms with E-state index in [0.29, 0.717) is 6.04 Å². The average molecular weight is 289 g/mol. The molecule has 0 aliphatic carbocycles. The zero-order valence-electron chi connectivity index (χ0n) is 13.4. The van der Waals surface area contributed by atoms with Crippen molar-refractivity contribution in [3.63, 3.8) is 0 Å². The Kier molecular flexibility index (Phi) is 5.62. The number of benzene rings is 1. The topological polar surface area (TPSA) is 44.4 Å². The standard InChI is InChI=1S/C17H27N3O/c1-13(2)20(3)11-5-4-9-19-17(21)15-6-7-16-14(12-15)8-10-18-16/h6-7,12-13,18H,4-5,8-11H2,1-3H3,(H,19,21). The van der Waals surface area contributed by atoms with Crippen LogP contribution in [0.3, 0.4) is 0 Å². The van der Waals surface area contributed by atoms with Crippen LogP contribution in [0.2, 0.25) is 0 Å². The Hall–Kier alpha value is -1.55. The molecule has 1 aromatic carbocycles. The minimum absolute atomic E-state index is 0.0434. The Morgan fingerprint density at radius 3 is 2.95 bits per heavy atom. The lowest BCUT2D eigenvalue weighted by atomic mass is 10.1. The largest absolute Gasteiger partial charge is 0.384 e. The summed E-state index contributed by atoms with van der Waals surface area (Å²) < 4.78 is 0. The molecule has 21 heavy (non-hydrogen) atoms. The molecule has 0 unspecified atom stereocenters. The molecule has 0 saturated carbocycles. The van der Waals surface area contributed by atoms with E-state index in [-0.39, 0.29) is 5.91 Å². The molecule has 0 atom stereocenters. The van der Waals surface area contributed by atoms with Gasteiger partial charge in [0.1, 0.15) is 0 Å². The van der Waals surface area contributed by atoms with Crippen molar-refractivity contribution in [3.8, 4) is 0 Å². The van der Waals surface area contributed by atoms with Gasteiger partial charge in [-0.15, -0.1) is 0 Å². The number of hydrogen-bond acceptors (Lipinski definition) is 3. The molecule has 0 radical (unpaired) electrons. The number of hydrogen-bond donors (Lipinski definition) is 2. The van der Waals surface area contributed by atoms with Gasteiger partial charge < -0.3 is 15.5 Å². The Labute approximate surface area is 127 Å². The van der Waals surface area contributed by atoms with E-state index in [2.05, 4.69) is 36.4 Å². The van der Waals surface area contributed by atoms with Crippen molar-refractivity contribution in [2.75, 3.05) is 32.0 Å². The molecule has 4 nitrogen and oxygen atoms in total. The summed E-state index contributed by atoms with van der Waals surface area (Å²) >= 11 is 0. The van der Waals surface area contributed by atoms with Crippen LogP contribution in [0.5, 0.6) is 0 Å². The maximum atomic E-state index is 12.1. The SMILES string of the molecule is CC(C)N(C)CCCCNC(=O)c1ccc2c(c1)CCN2. The summed E-state index contributed by atoms with van der Waals surface area (Å²) in [5.74, 6) is 0.0434. The van der Waals surface area contributed by atoms with E-state index in [9.17, 15) is 4.79 Å². The lowest BCUT2D eigenvalue weighted by Crippen LogP contribution is -2.29. The van der Waals surface area contributed by atoms with E-state index >= 15 is 0 Å². The van der Waals surface area contributed by atoms with Gasteiger partial charge in [-0.05, 0) is 70.5 Å². The zero-order chi connectivity index (χ0) is 15.2. The van der Waals surface area contributed by atoms with Crippen molar-refractivity contribution in [3.05, 3.63) is 29.3 Å². The van der Waals surface area contributed by atoms with Crippen molar-refractivity contribution in [2.45, 2.75) is 39.2 Å². The first kappa shape index (κ1) is 15.8. The van der Waals surface area contributed by atoms with Gasteiger partial charge in [-0.25, -0.2) is 0 Å². The fraction of sp³-hybridized carbons (Fsp3) is 0.588. The van der Waals surface area contributed by atoms with Crippen LogP contribution in [-0.4, -0.2) is 43.5 Å². The van der Waals surface area contributed by atoms with Crippen LogP contribution < -0.4 is 10.6 Å². The fourth-order valence-electron chi connectivity index (χ4n) is 2.49. The number of unbranched alkanes of at least 4 members (excludes halogenated alkanes) is 1. The molecule has 1 aliphatic rings. The molecule has 1 aliphatic heterocycles. The maximum absolute atomic E-state index is 12.1. The van der Waals surface area contributed by atoms with E-state index in [1.807, 2.05) is 18.2 Å². The summed E-state index contributed by atoms with van der Waals surface area (Å²) in [5.41, 5.74) is 3.20. The third kappa shape index (κ3) is 4.46. The average Bonchev–Trinajstić information content (AvgIpc) is 2.93. The molecule has 0 bridgehead atoms. The second-order valence-corrected chi connectivity index (χ2v) is 6.09. The summed E-state index contributed by atoms with van der Waals surface area (Å²) in [5, 5.41) is 6.32. The van der Waals surface area contributed by atoms with Gasteiger partial charge >= 0.3 is 0 Å². The highest BCUT2D eigenvalue weighted by atomic mass is 16.1. The number of carbonyl (C=O) groups excluding carboxylic acids is 1. The van der Waals surface area contributed by atoms with Gasteiger partial charge in [0, 0.05) is 30.4 Å². The highest BCUT2D eigenvalue weighted by Gasteiger charge is 2.13. The van der Waals surface area contributed by atoms with Gasteiger partial charge in [-0.2, -0.15) is 0 Å². The van der Waals surface area contributed by atoms with E-state index in [0.717, 1.165) is 44.5 Å². The van der Waals surface area contributed by atoms with Crippen LogP contribution in [-0.2, 0) is 6.42 Å². The molecule has 1 aromatic rings. The van der Waals surface area contributed by atoms with Gasteiger partial charge in [-0.1, -0.05) is 0 Å². The number of rotatable bonds is 7. The molecule has 116 valence electrons. The van der Waals surface area contributed by atoms with Gasteiger partial charge in [0.05, 0.1) is 0 Å². The van der Waals surface area contributed by atoms with Crippen molar-refractivity contribution < 1.29 is 4.79 Å². The van der Waals surface area contributed by atoms with Crippen LogP contribution in [0, 0.1) is 0 Å². The van der Waals surface area contributed by atoms with Gasteiger partial charge in [0.2, 0.25) is 0 Å². The molecule has 0 fully saturated rings. The smallest absolute Gasteiger partial charge is 0.251 e. The molecule has 0 saturated heterocycles. The molecule has 4 heteroatoms. The molecule has 2 rings (SSSR count). The van der Waals surface area contributed by atoms with Crippen LogP contribution in [0.4, 0.5) is 5.69 Å². The van der Waals surface area contributed by atoms with Gasteiger partial charge in [0.25, 0.3) is 5.91 Å². The lowest BCUT2D eigenvalue weighted by molar-refractivity contribution is 0.0952. The predicted octanol–water partition coefficient (Wildman–Crippen LogP) is 2.50. The first-order valence-electron chi connectivity index (χ1n) is 7.93. The fourth-order valence-corrected chi connectivity index (χ4v) is 2.49. The Morgan fingerprint density at radius 2 is 2.19 bits per heavy atom. The summed E-state index contributed by atoms with van der Waals surface area (Å²) in [6, 6.07) is 6.50. The second kappa shape index (κ2) is 7.46. The number of amides is 1. The quantitative estimate of drug-likeness (QED) is 0.758. The third-order valence-electron chi connectivity index (χ3n) is 4.18. The van der Waals surface area contributed by atoms with Crippen molar-refractivity contribution >= 4 is 11.6 Å².